The number of hydrogen-bond donors (Lipinski definition) is 1. The molecule has 0 radical (unpaired) electrons. The highest BCUT2D eigenvalue weighted by Crippen LogP contribution is 1.91. The minimum Gasteiger partial charge on any atom is -0.481 e. The van der Waals surface area contributed by atoms with Gasteiger partial charge in [0, 0.05) is 6.92 Å². The lowest BCUT2D eigenvalue weighted by atomic mass is 10.4. The number of carboxylic acid groups (broad SMARTS) is 1. The first-order chi connectivity index (χ1) is 6.65. The molecule has 1 N–H and O–H groups in total. The normalized spacial score (nSPS) is 9.07. The molecule has 4 heteroatoms. The summed E-state index contributed by atoms with van der Waals surface area (Å²) in [6, 6.07) is 0. The molecule has 0 aliphatic heterocycles. The maximum absolute atomic E-state index is 9.00. The molecule has 0 aliphatic carbocycles. The van der Waals surface area contributed by atoms with Gasteiger partial charge in [0.15, 0.2) is 0 Å². The molecule has 0 bridgehead atoms. The van der Waals surface area contributed by atoms with Gasteiger partial charge in [0.25, 0.3) is 5.97 Å². The zero-order valence-electron chi connectivity index (χ0n) is 9.41. The van der Waals surface area contributed by atoms with Crippen LogP contribution < -0.4 is 0 Å². The first kappa shape index (κ1) is 15.8. The first-order valence-corrected chi connectivity index (χ1v) is 5.09. The number of carboxylic acids is 1. The average Bonchev–Trinajstić information content (AvgIpc) is 2.10. The van der Waals surface area contributed by atoms with Crippen LogP contribution in [0.4, 0.5) is 0 Å². The van der Waals surface area contributed by atoms with Gasteiger partial charge in [0.2, 0.25) is 0 Å². The number of carbonyl (C=O) groups is 1. The van der Waals surface area contributed by atoms with Gasteiger partial charge in [0.05, 0.1) is 13.2 Å². The molecule has 0 aromatic carbocycles. The van der Waals surface area contributed by atoms with Gasteiger partial charge in [-0.15, -0.1) is 0 Å². The molecule has 0 saturated heterocycles. The van der Waals surface area contributed by atoms with Gasteiger partial charge in [0.1, 0.15) is 0 Å². The Morgan fingerprint density at radius 2 is 1.36 bits per heavy atom. The molecule has 0 heterocycles. The number of aliphatic carboxylic acids is 1. The van der Waals surface area contributed by atoms with Crippen LogP contribution in [0.2, 0.25) is 0 Å². The van der Waals surface area contributed by atoms with E-state index in [1.165, 1.54) is 0 Å². The van der Waals surface area contributed by atoms with Crippen LogP contribution >= 0.6 is 0 Å². The van der Waals surface area contributed by atoms with E-state index in [9.17, 15) is 0 Å². The molecule has 0 saturated carbocycles. The highest BCUT2D eigenvalue weighted by molar-refractivity contribution is 5.62. The van der Waals surface area contributed by atoms with Crippen molar-refractivity contribution in [2.75, 3.05) is 13.2 Å². The fourth-order valence-corrected chi connectivity index (χ4v) is 0.524. The Bertz CT molecular complexity index is 103. The molecule has 14 heavy (non-hydrogen) atoms. The van der Waals surface area contributed by atoms with E-state index in [1.807, 2.05) is 0 Å². The van der Waals surface area contributed by atoms with Gasteiger partial charge in [-0.25, -0.2) is 9.78 Å². The minimum absolute atomic E-state index is 0.736. The van der Waals surface area contributed by atoms with Crippen molar-refractivity contribution in [1.29, 1.82) is 0 Å². The third kappa shape index (κ3) is 30.1. The largest absolute Gasteiger partial charge is 0.481 e. The van der Waals surface area contributed by atoms with Gasteiger partial charge in [-0.2, -0.15) is 0 Å². The topological polar surface area (TPSA) is 55.8 Å². The summed E-state index contributed by atoms with van der Waals surface area (Å²) in [5, 5.41) is 7.42. The van der Waals surface area contributed by atoms with Crippen LogP contribution in [0.15, 0.2) is 0 Å². The molecule has 4 nitrogen and oxygen atoms in total. The van der Waals surface area contributed by atoms with E-state index in [-0.39, 0.29) is 0 Å². The molecule has 0 amide bonds. The maximum atomic E-state index is 9.00. The molecule has 0 atom stereocenters. The predicted octanol–water partition coefficient (Wildman–Crippen LogP) is 2.63. The van der Waals surface area contributed by atoms with Crippen molar-refractivity contribution >= 4 is 5.97 Å². The average molecular weight is 206 g/mol. The Morgan fingerprint density at radius 1 is 1.07 bits per heavy atom. The lowest BCUT2D eigenvalue weighted by molar-refractivity contribution is -0.295. The fourth-order valence-electron chi connectivity index (χ4n) is 0.524. The molecule has 0 spiro atoms. The molecular weight excluding hydrogens is 184 g/mol. The zero-order valence-corrected chi connectivity index (χ0v) is 9.41. The molecule has 0 aromatic heterocycles. The monoisotopic (exact) mass is 206 g/mol. The van der Waals surface area contributed by atoms with E-state index in [1.54, 1.807) is 0 Å². The van der Waals surface area contributed by atoms with Crippen LogP contribution in [0, 0.1) is 0 Å². The van der Waals surface area contributed by atoms with E-state index in [4.69, 9.17) is 19.7 Å². The second-order valence-electron chi connectivity index (χ2n) is 2.87. The molecule has 86 valence electrons. The molecule has 0 unspecified atom stereocenters. The van der Waals surface area contributed by atoms with Crippen LogP contribution in [0.1, 0.15) is 46.5 Å². The van der Waals surface area contributed by atoms with Crippen LogP contribution in [-0.4, -0.2) is 24.3 Å². The zero-order chi connectivity index (χ0) is 11.2. The van der Waals surface area contributed by atoms with Crippen LogP contribution in [0.5, 0.6) is 0 Å². The van der Waals surface area contributed by atoms with Crippen molar-refractivity contribution in [1.82, 2.24) is 0 Å². The van der Waals surface area contributed by atoms with Gasteiger partial charge in [-0.05, 0) is 12.8 Å². The fraction of sp³-hybridized carbons (Fsp3) is 0.900. The van der Waals surface area contributed by atoms with Crippen LogP contribution in [-0.2, 0) is 14.6 Å². The summed E-state index contributed by atoms with van der Waals surface area (Å²) < 4.78 is 0. The van der Waals surface area contributed by atoms with E-state index < -0.39 is 5.97 Å². The highest BCUT2D eigenvalue weighted by Gasteiger charge is 1.86. The standard InChI is InChI=1S/C8H18O2.C2H4O2/c1-3-5-7-9-10-8-6-4-2;1-2(3)4/h3-8H2,1-2H3;1H3,(H,3,4). The molecule has 0 fully saturated rings. The van der Waals surface area contributed by atoms with Gasteiger partial charge in [-0.3, -0.25) is 4.79 Å². The van der Waals surface area contributed by atoms with E-state index in [0.717, 1.165) is 45.8 Å². The summed E-state index contributed by atoms with van der Waals surface area (Å²) in [4.78, 5) is 18.8. The third-order valence-electron chi connectivity index (χ3n) is 1.25. The van der Waals surface area contributed by atoms with Crippen LogP contribution in [0.25, 0.3) is 0 Å². The Balaban J connectivity index is 0. The van der Waals surface area contributed by atoms with Crippen molar-refractivity contribution in [2.24, 2.45) is 0 Å². The maximum Gasteiger partial charge on any atom is 0.300 e. The number of hydrogen-bond acceptors (Lipinski definition) is 3. The second kappa shape index (κ2) is 14.9. The van der Waals surface area contributed by atoms with Crippen molar-refractivity contribution in [2.45, 2.75) is 46.5 Å². The van der Waals surface area contributed by atoms with Gasteiger partial charge >= 0.3 is 0 Å². The summed E-state index contributed by atoms with van der Waals surface area (Å²) in [6.07, 6.45) is 4.51. The second-order valence-corrected chi connectivity index (χ2v) is 2.87. The molecule has 0 aliphatic rings. The van der Waals surface area contributed by atoms with Gasteiger partial charge < -0.3 is 5.11 Å². The van der Waals surface area contributed by atoms with Crippen molar-refractivity contribution in [3.63, 3.8) is 0 Å². The number of rotatable bonds is 7. The van der Waals surface area contributed by atoms with Crippen LogP contribution in [0.3, 0.4) is 0 Å². The lowest BCUT2D eigenvalue weighted by Crippen LogP contribution is -1.97. The van der Waals surface area contributed by atoms with E-state index in [2.05, 4.69) is 13.8 Å². The van der Waals surface area contributed by atoms with Gasteiger partial charge in [-0.1, -0.05) is 26.7 Å². The quantitative estimate of drug-likeness (QED) is 0.395. The summed E-state index contributed by atoms with van der Waals surface area (Å²) in [7, 11) is 0. The predicted molar refractivity (Wildman–Crippen MR) is 55.0 cm³/mol. The Labute approximate surface area is 86.1 Å². The Kier molecular flexibility index (Phi) is 16.9. The molecule has 0 aromatic rings. The molecular formula is C10H22O4. The smallest absolute Gasteiger partial charge is 0.300 e. The third-order valence-corrected chi connectivity index (χ3v) is 1.25. The Morgan fingerprint density at radius 3 is 1.57 bits per heavy atom. The summed E-state index contributed by atoms with van der Waals surface area (Å²) in [5.74, 6) is -0.833. The summed E-state index contributed by atoms with van der Waals surface area (Å²) >= 11 is 0. The van der Waals surface area contributed by atoms with Crippen molar-refractivity contribution < 1.29 is 19.7 Å². The van der Waals surface area contributed by atoms with Crippen molar-refractivity contribution in [3.05, 3.63) is 0 Å². The summed E-state index contributed by atoms with van der Waals surface area (Å²) in [5.41, 5.74) is 0. The Hall–Kier alpha value is -0.610. The SMILES string of the molecule is CC(=O)O.CCCCOOCCCC. The number of unbranched alkanes of at least 4 members (excludes halogenated alkanes) is 2. The van der Waals surface area contributed by atoms with Crippen molar-refractivity contribution in [3.8, 4) is 0 Å². The summed E-state index contributed by atoms with van der Waals surface area (Å²) in [6.45, 7) is 6.82. The first-order valence-electron chi connectivity index (χ1n) is 5.09. The molecule has 0 rings (SSSR count). The van der Waals surface area contributed by atoms with E-state index in [0.29, 0.717) is 0 Å². The van der Waals surface area contributed by atoms with E-state index >= 15 is 0 Å². The lowest BCUT2D eigenvalue weighted by Gasteiger charge is -2.00. The minimum atomic E-state index is -0.833. The highest BCUT2D eigenvalue weighted by atomic mass is 17.2.